The van der Waals surface area contributed by atoms with Crippen molar-refractivity contribution in [3.05, 3.63) is 52.7 Å². The maximum absolute atomic E-state index is 13.6. The number of hydrogen-bond donors (Lipinski definition) is 0. The van der Waals surface area contributed by atoms with E-state index < -0.39 is 11.6 Å². The Morgan fingerprint density at radius 3 is 2.59 bits per heavy atom. The lowest BCUT2D eigenvalue weighted by Gasteiger charge is -2.03. The normalized spacial score (nSPS) is 11.5. The predicted octanol–water partition coefficient (Wildman–Crippen LogP) is 5.42. The quantitative estimate of drug-likeness (QED) is 0.630. The fourth-order valence-electron chi connectivity index (χ4n) is 2.68. The highest BCUT2D eigenvalue weighted by atomic mass is 32.1. The second kappa shape index (κ2) is 5.32. The lowest BCUT2D eigenvalue weighted by atomic mass is 10.1. The number of hydrogen-bond acceptors (Lipinski definition) is 2. The largest absolute Gasteiger partial charge is 0.225 e. The Morgan fingerprint density at radius 2 is 2.00 bits per heavy atom. The lowest BCUT2D eigenvalue weighted by Crippen LogP contribution is -1.97. The van der Waals surface area contributed by atoms with Gasteiger partial charge in [-0.1, -0.05) is 32.6 Å². The fourth-order valence-corrected chi connectivity index (χ4v) is 4.00. The van der Waals surface area contributed by atoms with Crippen LogP contribution in [0.3, 0.4) is 0 Å². The smallest absolute Gasteiger partial charge is 0.159 e. The highest BCUT2D eigenvalue weighted by Gasteiger charge is 2.21. The molecule has 5 heteroatoms. The highest BCUT2D eigenvalue weighted by Crippen LogP contribution is 2.38. The molecule has 0 saturated carbocycles. The number of rotatable bonds is 3. The molecule has 0 amide bonds. The minimum Gasteiger partial charge on any atom is -0.225 e. The number of nitrogens with zero attached hydrogens (tertiary/aromatic N) is 2. The van der Waals surface area contributed by atoms with Gasteiger partial charge in [-0.15, -0.1) is 11.3 Å². The minimum atomic E-state index is -0.846. The summed E-state index contributed by atoms with van der Waals surface area (Å²) in [5.74, 6) is -1.40. The SMILES string of the molecule is C=Cc1sc2c(-c3ccc(F)c(F)c3)c(C)nn2c1C(C)C. The lowest BCUT2D eigenvalue weighted by molar-refractivity contribution is 0.509. The van der Waals surface area contributed by atoms with E-state index >= 15 is 0 Å². The molecule has 1 aromatic carbocycles. The van der Waals surface area contributed by atoms with E-state index in [1.807, 2.05) is 17.5 Å². The monoisotopic (exact) mass is 318 g/mol. The van der Waals surface area contributed by atoms with Crippen LogP contribution >= 0.6 is 11.3 Å². The van der Waals surface area contributed by atoms with E-state index in [9.17, 15) is 8.78 Å². The summed E-state index contributed by atoms with van der Waals surface area (Å²) in [7, 11) is 0. The first-order valence-electron chi connectivity index (χ1n) is 7.04. The fraction of sp³-hybridized carbons (Fsp3) is 0.235. The number of thiazole rings is 1. The van der Waals surface area contributed by atoms with E-state index in [0.29, 0.717) is 11.5 Å². The molecule has 0 spiro atoms. The molecule has 3 rings (SSSR count). The molecule has 0 aliphatic carbocycles. The Balaban J connectivity index is 2.32. The van der Waals surface area contributed by atoms with E-state index in [4.69, 9.17) is 0 Å². The summed E-state index contributed by atoms with van der Waals surface area (Å²) in [4.78, 5) is 1.99. The van der Waals surface area contributed by atoms with Gasteiger partial charge in [-0.2, -0.15) is 5.10 Å². The number of aromatic nitrogens is 2. The molecule has 2 nitrogen and oxygen atoms in total. The topological polar surface area (TPSA) is 17.3 Å². The average molecular weight is 318 g/mol. The summed E-state index contributed by atoms with van der Waals surface area (Å²) >= 11 is 1.57. The molecule has 114 valence electrons. The van der Waals surface area contributed by atoms with E-state index in [-0.39, 0.29) is 0 Å². The van der Waals surface area contributed by atoms with Crippen LogP contribution in [0, 0.1) is 18.6 Å². The van der Waals surface area contributed by atoms with E-state index in [2.05, 4.69) is 25.5 Å². The summed E-state index contributed by atoms with van der Waals surface area (Å²) in [6, 6.07) is 3.96. The van der Waals surface area contributed by atoms with Crippen LogP contribution in [0.4, 0.5) is 8.78 Å². The molecule has 0 bridgehead atoms. The molecule has 0 aliphatic heterocycles. The van der Waals surface area contributed by atoms with Gasteiger partial charge < -0.3 is 0 Å². The second-order valence-corrected chi connectivity index (χ2v) is 6.55. The standard InChI is InChI=1S/C17H16F2N2S/c1-5-14-16(9(2)3)21-17(22-14)15(10(4)20-21)11-6-7-12(18)13(19)8-11/h5-9H,1H2,2-4H3. The third kappa shape index (κ3) is 2.16. The first kappa shape index (κ1) is 14.9. The molecule has 0 atom stereocenters. The maximum atomic E-state index is 13.6. The van der Waals surface area contributed by atoms with Crippen LogP contribution in [0.2, 0.25) is 0 Å². The average Bonchev–Trinajstić information content (AvgIpc) is 2.95. The van der Waals surface area contributed by atoms with Gasteiger partial charge in [0.1, 0.15) is 4.83 Å². The highest BCUT2D eigenvalue weighted by molar-refractivity contribution is 7.19. The van der Waals surface area contributed by atoms with Crippen LogP contribution in [0.5, 0.6) is 0 Å². The van der Waals surface area contributed by atoms with Gasteiger partial charge in [0.05, 0.1) is 16.3 Å². The van der Waals surface area contributed by atoms with Crippen molar-refractivity contribution in [3.63, 3.8) is 0 Å². The Morgan fingerprint density at radius 1 is 1.27 bits per heavy atom. The van der Waals surface area contributed by atoms with Crippen LogP contribution < -0.4 is 0 Å². The number of halogens is 2. The Hall–Kier alpha value is -2.01. The Kier molecular flexibility index (Phi) is 3.60. The van der Waals surface area contributed by atoms with Crippen LogP contribution in [-0.2, 0) is 0 Å². The molecule has 22 heavy (non-hydrogen) atoms. The van der Waals surface area contributed by atoms with Gasteiger partial charge in [0.25, 0.3) is 0 Å². The van der Waals surface area contributed by atoms with Crippen LogP contribution in [0.25, 0.3) is 22.0 Å². The number of fused-ring (bicyclic) bond motifs is 1. The molecule has 0 unspecified atom stereocenters. The van der Waals surface area contributed by atoms with E-state index in [1.165, 1.54) is 6.07 Å². The molecule has 2 heterocycles. The van der Waals surface area contributed by atoms with Crippen molar-refractivity contribution in [1.82, 2.24) is 9.61 Å². The zero-order valence-corrected chi connectivity index (χ0v) is 13.5. The Bertz CT molecular complexity index is 875. The third-order valence-corrected chi connectivity index (χ3v) is 4.81. The number of benzene rings is 1. The van der Waals surface area contributed by atoms with Gasteiger partial charge in [-0.25, -0.2) is 13.3 Å². The van der Waals surface area contributed by atoms with Gasteiger partial charge in [0.15, 0.2) is 11.6 Å². The van der Waals surface area contributed by atoms with Gasteiger partial charge >= 0.3 is 0 Å². The van der Waals surface area contributed by atoms with Crippen LogP contribution in [0.1, 0.15) is 36.0 Å². The molecule has 0 N–H and O–H groups in total. The van der Waals surface area contributed by atoms with Gasteiger partial charge in [-0.3, -0.25) is 0 Å². The zero-order chi connectivity index (χ0) is 16.0. The molecule has 0 fully saturated rings. The van der Waals surface area contributed by atoms with Crippen LogP contribution in [-0.4, -0.2) is 9.61 Å². The van der Waals surface area contributed by atoms with Crippen molar-refractivity contribution in [2.75, 3.05) is 0 Å². The first-order valence-corrected chi connectivity index (χ1v) is 7.85. The molecule has 3 aromatic rings. The summed E-state index contributed by atoms with van der Waals surface area (Å²) in [5, 5.41) is 4.59. The molecule has 0 aliphatic rings. The minimum absolute atomic E-state index is 0.291. The molecule has 0 saturated heterocycles. The molecular weight excluding hydrogens is 302 g/mol. The zero-order valence-electron chi connectivity index (χ0n) is 12.7. The molecule has 2 aromatic heterocycles. The van der Waals surface area contributed by atoms with Crippen LogP contribution in [0.15, 0.2) is 24.8 Å². The van der Waals surface area contributed by atoms with E-state index in [1.54, 1.807) is 17.4 Å². The van der Waals surface area contributed by atoms with Gasteiger partial charge in [-0.05, 0) is 30.5 Å². The first-order chi connectivity index (χ1) is 10.4. The molecule has 0 radical (unpaired) electrons. The third-order valence-electron chi connectivity index (χ3n) is 3.65. The maximum Gasteiger partial charge on any atom is 0.159 e. The van der Waals surface area contributed by atoms with Crippen molar-refractivity contribution in [1.29, 1.82) is 0 Å². The number of aryl methyl sites for hydroxylation is 1. The van der Waals surface area contributed by atoms with Gasteiger partial charge in [0.2, 0.25) is 0 Å². The van der Waals surface area contributed by atoms with Crippen molar-refractivity contribution in [3.8, 4) is 11.1 Å². The summed E-state index contributed by atoms with van der Waals surface area (Å²) < 4.78 is 28.6. The van der Waals surface area contributed by atoms with Crippen molar-refractivity contribution in [2.24, 2.45) is 0 Å². The Labute approximate surface area is 131 Å². The van der Waals surface area contributed by atoms with Gasteiger partial charge in [0, 0.05) is 5.56 Å². The molecular formula is C17H16F2N2S. The van der Waals surface area contributed by atoms with Crippen molar-refractivity contribution in [2.45, 2.75) is 26.7 Å². The predicted molar refractivity (Wildman–Crippen MR) is 87.3 cm³/mol. The summed E-state index contributed by atoms with van der Waals surface area (Å²) in [6.07, 6.45) is 1.82. The van der Waals surface area contributed by atoms with E-state index in [0.717, 1.165) is 32.7 Å². The summed E-state index contributed by atoms with van der Waals surface area (Å²) in [6.45, 7) is 9.94. The summed E-state index contributed by atoms with van der Waals surface area (Å²) in [5.41, 5.74) is 3.37. The van der Waals surface area contributed by atoms with Crippen molar-refractivity contribution < 1.29 is 8.78 Å². The second-order valence-electron chi connectivity index (χ2n) is 5.52. The van der Waals surface area contributed by atoms with Crippen molar-refractivity contribution >= 4 is 22.2 Å².